The van der Waals surface area contributed by atoms with E-state index >= 15 is 0 Å². The molecule has 4 amide bonds. The Morgan fingerprint density at radius 1 is 1.33 bits per heavy atom. The van der Waals surface area contributed by atoms with Crippen LogP contribution in [0.25, 0.3) is 0 Å². The first-order valence-corrected chi connectivity index (χ1v) is 7.04. The molecule has 0 aromatic heterocycles. The summed E-state index contributed by atoms with van der Waals surface area (Å²) >= 11 is 0. The zero-order chi connectivity index (χ0) is 15.2. The van der Waals surface area contributed by atoms with Gasteiger partial charge in [-0.3, -0.25) is 14.5 Å². The molecule has 0 saturated carbocycles. The van der Waals surface area contributed by atoms with Crippen LogP contribution in [-0.4, -0.2) is 42.4 Å². The molecule has 1 heterocycles. The third-order valence-corrected chi connectivity index (χ3v) is 3.50. The first-order chi connectivity index (χ1) is 10.1. The number of rotatable bonds is 6. The molecule has 0 radical (unpaired) electrons. The second-order valence-corrected chi connectivity index (χ2v) is 4.87. The molecule has 1 aromatic rings. The first-order valence-electron chi connectivity index (χ1n) is 7.04. The zero-order valence-electron chi connectivity index (χ0n) is 12.0. The number of imide groups is 1. The van der Waals surface area contributed by atoms with Gasteiger partial charge in [-0.2, -0.15) is 0 Å². The summed E-state index contributed by atoms with van der Waals surface area (Å²) in [5.74, 6) is -0.561. The van der Waals surface area contributed by atoms with Crippen molar-refractivity contribution in [2.75, 3.05) is 19.6 Å². The molecule has 21 heavy (non-hydrogen) atoms. The number of carbonyl (C=O) groups excluding carboxylic acids is 3. The second-order valence-electron chi connectivity index (χ2n) is 4.87. The summed E-state index contributed by atoms with van der Waals surface area (Å²) in [6.07, 6.45) is 0.693. The molecule has 1 atom stereocenters. The van der Waals surface area contributed by atoms with Gasteiger partial charge in [-0.05, 0) is 12.0 Å². The van der Waals surface area contributed by atoms with Gasteiger partial charge in [0.15, 0.2) is 0 Å². The predicted octanol–water partition coefficient (Wildman–Crippen LogP) is 0.848. The lowest BCUT2D eigenvalue weighted by Crippen LogP contribution is -2.40. The zero-order valence-corrected chi connectivity index (χ0v) is 12.0. The van der Waals surface area contributed by atoms with E-state index in [2.05, 4.69) is 10.6 Å². The molecule has 1 aliphatic rings. The number of hydrogen-bond donors (Lipinski definition) is 2. The number of urea groups is 1. The Morgan fingerprint density at radius 3 is 2.62 bits per heavy atom. The molecule has 1 aromatic carbocycles. The van der Waals surface area contributed by atoms with E-state index in [1.807, 2.05) is 37.3 Å². The lowest BCUT2D eigenvalue weighted by molar-refractivity contribution is -0.126. The van der Waals surface area contributed by atoms with E-state index in [1.54, 1.807) is 0 Å². The van der Waals surface area contributed by atoms with Crippen LogP contribution in [0.3, 0.4) is 0 Å². The topological polar surface area (TPSA) is 78.5 Å². The van der Waals surface area contributed by atoms with E-state index < -0.39 is 6.03 Å². The molecule has 2 N–H and O–H groups in total. The largest absolute Gasteiger partial charge is 0.354 e. The van der Waals surface area contributed by atoms with Gasteiger partial charge in [-0.25, -0.2) is 4.79 Å². The van der Waals surface area contributed by atoms with Crippen molar-refractivity contribution in [3.8, 4) is 0 Å². The van der Waals surface area contributed by atoms with Crippen molar-refractivity contribution in [3.63, 3.8) is 0 Å². The SMILES string of the molecule is CCC(C(=O)NCCN1C(=O)CNC1=O)c1ccccc1. The number of hydrogen-bond acceptors (Lipinski definition) is 3. The smallest absolute Gasteiger partial charge is 0.324 e. The third kappa shape index (κ3) is 3.59. The Kier molecular flexibility index (Phi) is 4.92. The van der Waals surface area contributed by atoms with Crippen LogP contribution in [0.15, 0.2) is 30.3 Å². The maximum absolute atomic E-state index is 12.2. The van der Waals surface area contributed by atoms with Gasteiger partial charge in [0.05, 0.1) is 12.5 Å². The Balaban J connectivity index is 1.86. The highest BCUT2D eigenvalue weighted by molar-refractivity contribution is 6.01. The Labute approximate surface area is 123 Å². The maximum atomic E-state index is 12.2. The summed E-state index contributed by atoms with van der Waals surface area (Å²) in [6.45, 7) is 2.45. The average molecular weight is 289 g/mol. The summed E-state index contributed by atoms with van der Waals surface area (Å²) in [4.78, 5) is 36.1. The molecule has 0 aliphatic carbocycles. The van der Waals surface area contributed by atoms with Gasteiger partial charge in [0.1, 0.15) is 0 Å². The van der Waals surface area contributed by atoms with Gasteiger partial charge in [0, 0.05) is 13.1 Å². The van der Waals surface area contributed by atoms with E-state index in [0.717, 1.165) is 10.5 Å². The molecule has 0 spiro atoms. The molecule has 112 valence electrons. The normalized spacial score (nSPS) is 15.8. The highest BCUT2D eigenvalue weighted by atomic mass is 16.2. The number of amides is 4. The number of nitrogens with one attached hydrogen (secondary N) is 2. The minimum atomic E-state index is -0.399. The van der Waals surface area contributed by atoms with Crippen molar-refractivity contribution in [2.24, 2.45) is 0 Å². The predicted molar refractivity (Wildman–Crippen MR) is 77.6 cm³/mol. The minimum absolute atomic E-state index is 0.0361. The second kappa shape index (κ2) is 6.88. The summed E-state index contributed by atoms with van der Waals surface area (Å²) in [5, 5.41) is 5.23. The van der Waals surface area contributed by atoms with Crippen LogP contribution >= 0.6 is 0 Å². The van der Waals surface area contributed by atoms with Crippen LogP contribution in [0.2, 0.25) is 0 Å². The Bertz CT molecular complexity index is 514. The monoisotopic (exact) mass is 289 g/mol. The maximum Gasteiger partial charge on any atom is 0.324 e. The number of nitrogens with zero attached hydrogens (tertiary/aromatic N) is 1. The Hall–Kier alpha value is -2.37. The number of carbonyl (C=O) groups is 3. The molecular formula is C15H19N3O3. The van der Waals surface area contributed by atoms with Gasteiger partial charge in [-0.15, -0.1) is 0 Å². The quantitative estimate of drug-likeness (QED) is 0.762. The molecule has 1 unspecified atom stereocenters. The van der Waals surface area contributed by atoms with Gasteiger partial charge in [0.25, 0.3) is 0 Å². The molecule has 1 aliphatic heterocycles. The van der Waals surface area contributed by atoms with E-state index in [1.165, 1.54) is 0 Å². The summed E-state index contributed by atoms with van der Waals surface area (Å²) in [7, 11) is 0. The van der Waals surface area contributed by atoms with Gasteiger partial charge < -0.3 is 10.6 Å². The first kappa shape index (κ1) is 15.0. The third-order valence-electron chi connectivity index (χ3n) is 3.50. The fourth-order valence-corrected chi connectivity index (χ4v) is 2.35. The van der Waals surface area contributed by atoms with Crippen LogP contribution in [0.5, 0.6) is 0 Å². The van der Waals surface area contributed by atoms with Crippen molar-refractivity contribution in [3.05, 3.63) is 35.9 Å². The van der Waals surface area contributed by atoms with E-state index in [4.69, 9.17) is 0 Å². The molecule has 0 bridgehead atoms. The van der Waals surface area contributed by atoms with E-state index in [-0.39, 0.29) is 37.4 Å². The highest BCUT2D eigenvalue weighted by Crippen LogP contribution is 2.18. The van der Waals surface area contributed by atoms with Crippen LogP contribution in [0, 0.1) is 0 Å². The number of benzene rings is 1. The van der Waals surface area contributed by atoms with Crippen molar-refractivity contribution in [2.45, 2.75) is 19.3 Å². The fourth-order valence-electron chi connectivity index (χ4n) is 2.35. The molecule has 6 heteroatoms. The van der Waals surface area contributed by atoms with E-state index in [9.17, 15) is 14.4 Å². The van der Waals surface area contributed by atoms with Crippen LogP contribution < -0.4 is 10.6 Å². The van der Waals surface area contributed by atoms with Gasteiger partial charge >= 0.3 is 6.03 Å². The molecule has 2 rings (SSSR count). The minimum Gasteiger partial charge on any atom is -0.354 e. The van der Waals surface area contributed by atoms with Crippen molar-refractivity contribution < 1.29 is 14.4 Å². The lowest BCUT2D eigenvalue weighted by atomic mass is 9.96. The van der Waals surface area contributed by atoms with E-state index in [0.29, 0.717) is 6.42 Å². The van der Waals surface area contributed by atoms with Crippen molar-refractivity contribution >= 4 is 17.8 Å². The standard InChI is InChI=1S/C15H19N3O3/c1-2-12(11-6-4-3-5-7-11)14(20)16-8-9-18-13(19)10-17-15(18)21/h3-7,12H,2,8-10H2,1H3,(H,16,20)(H,17,21). The summed E-state index contributed by atoms with van der Waals surface area (Å²) in [5.41, 5.74) is 0.965. The molecule has 1 fully saturated rings. The van der Waals surface area contributed by atoms with Crippen molar-refractivity contribution in [1.29, 1.82) is 0 Å². The van der Waals surface area contributed by atoms with Gasteiger partial charge in [0.2, 0.25) is 11.8 Å². The summed E-state index contributed by atoms with van der Waals surface area (Å²) < 4.78 is 0. The average Bonchev–Trinajstić information content (AvgIpc) is 2.81. The molecular weight excluding hydrogens is 270 g/mol. The van der Waals surface area contributed by atoms with Crippen molar-refractivity contribution in [1.82, 2.24) is 15.5 Å². The highest BCUT2D eigenvalue weighted by Gasteiger charge is 2.28. The molecule has 6 nitrogen and oxygen atoms in total. The Morgan fingerprint density at radius 2 is 2.05 bits per heavy atom. The van der Waals surface area contributed by atoms with Crippen LogP contribution in [-0.2, 0) is 9.59 Å². The van der Waals surface area contributed by atoms with Crippen LogP contribution in [0.4, 0.5) is 4.79 Å². The lowest BCUT2D eigenvalue weighted by Gasteiger charge is -2.17. The van der Waals surface area contributed by atoms with Gasteiger partial charge in [-0.1, -0.05) is 37.3 Å². The van der Waals surface area contributed by atoms with Crippen LogP contribution in [0.1, 0.15) is 24.8 Å². The fraction of sp³-hybridized carbons (Fsp3) is 0.400. The summed E-state index contributed by atoms with van der Waals surface area (Å²) in [6, 6.07) is 9.16. The molecule has 1 saturated heterocycles.